The van der Waals surface area contributed by atoms with Crippen molar-refractivity contribution >= 4 is 15.8 Å². The van der Waals surface area contributed by atoms with Crippen LogP contribution in [0, 0.1) is 6.92 Å². The maximum Gasteiger partial charge on any atom is 0.573 e. The molecule has 0 amide bonds. The van der Waals surface area contributed by atoms with Gasteiger partial charge in [-0.1, -0.05) is 11.2 Å². The molecule has 1 aliphatic heterocycles. The lowest BCUT2D eigenvalue weighted by Crippen LogP contribution is -2.48. The summed E-state index contributed by atoms with van der Waals surface area (Å²) in [5.74, 6) is 0.805. The number of nitrogens with zero attached hydrogens (tertiary/aromatic N) is 7. The molecule has 11 nitrogen and oxygen atoms in total. The van der Waals surface area contributed by atoms with Gasteiger partial charge in [0.1, 0.15) is 11.6 Å². The first-order chi connectivity index (χ1) is 18.4. The van der Waals surface area contributed by atoms with Crippen molar-refractivity contribution in [1.82, 2.24) is 29.2 Å². The van der Waals surface area contributed by atoms with E-state index in [1.54, 1.807) is 16.9 Å². The Morgan fingerprint density at radius 2 is 1.77 bits per heavy atom. The molecule has 0 aliphatic carbocycles. The Morgan fingerprint density at radius 1 is 1.05 bits per heavy atom. The summed E-state index contributed by atoms with van der Waals surface area (Å²) in [6.45, 7) is 4.32. The van der Waals surface area contributed by atoms with Gasteiger partial charge in [-0.3, -0.25) is 4.68 Å². The maximum absolute atomic E-state index is 12.4. The number of rotatable bonds is 7. The fourth-order valence-corrected chi connectivity index (χ4v) is 4.97. The molecule has 0 atom stereocenters. The number of aryl methyl sites for hydroxylation is 1. The lowest BCUT2D eigenvalue weighted by Gasteiger charge is -2.34. The summed E-state index contributed by atoms with van der Waals surface area (Å²) in [4.78, 5) is 10.9. The molecule has 1 fully saturated rings. The van der Waals surface area contributed by atoms with Gasteiger partial charge in [-0.05, 0) is 48.9 Å². The van der Waals surface area contributed by atoms with E-state index in [1.807, 2.05) is 24.0 Å². The predicted molar refractivity (Wildman–Crippen MR) is 134 cm³/mol. The third kappa shape index (κ3) is 6.37. The minimum Gasteiger partial charge on any atom is -0.406 e. The normalized spacial score (nSPS) is 15.1. The molecule has 1 aromatic carbocycles. The zero-order chi connectivity index (χ0) is 27.8. The highest BCUT2D eigenvalue weighted by molar-refractivity contribution is 7.88. The van der Waals surface area contributed by atoms with Crippen LogP contribution in [0.4, 0.5) is 19.0 Å². The SMILES string of the molecule is Cc1cc(-c2nc(-c3ccc(OC(F)(F)F)cc3)no2)nn1Cc1ccc(N2CCN(S(C)(=O)=O)CC2)nc1. The summed E-state index contributed by atoms with van der Waals surface area (Å²) in [5, 5.41) is 8.47. The molecule has 4 aromatic rings. The summed E-state index contributed by atoms with van der Waals surface area (Å²) >= 11 is 0. The van der Waals surface area contributed by atoms with Crippen molar-refractivity contribution in [1.29, 1.82) is 0 Å². The number of ether oxygens (including phenoxy) is 1. The van der Waals surface area contributed by atoms with Gasteiger partial charge in [0.25, 0.3) is 5.89 Å². The molecule has 3 aromatic heterocycles. The number of hydrogen-bond donors (Lipinski definition) is 0. The molecular weight excluding hydrogens is 539 g/mol. The third-order valence-corrected chi connectivity index (χ3v) is 7.45. The first kappa shape index (κ1) is 26.6. The predicted octanol–water partition coefficient (Wildman–Crippen LogP) is 3.33. The van der Waals surface area contributed by atoms with Crippen LogP contribution in [-0.4, -0.2) is 76.4 Å². The second-order valence-electron chi connectivity index (χ2n) is 9.00. The van der Waals surface area contributed by atoms with E-state index in [9.17, 15) is 21.6 Å². The molecule has 0 spiro atoms. The summed E-state index contributed by atoms with van der Waals surface area (Å²) in [6, 6.07) is 10.8. The van der Waals surface area contributed by atoms with Gasteiger partial charge in [0.2, 0.25) is 15.8 Å². The molecule has 206 valence electrons. The Hall–Kier alpha value is -3.98. The number of aromatic nitrogens is 5. The number of halogens is 3. The van der Waals surface area contributed by atoms with Crippen LogP contribution in [0.5, 0.6) is 5.75 Å². The van der Waals surface area contributed by atoms with Gasteiger partial charge in [0, 0.05) is 43.6 Å². The lowest BCUT2D eigenvalue weighted by molar-refractivity contribution is -0.274. The number of piperazine rings is 1. The van der Waals surface area contributed by atoms with Crippen LogP contribution < -0.4 is 9.64 Å². The molecular formula is C24H24F3N7O4S. The van der Waals surface area contributed by atoms with Crippen LogP contribution in [0.2, 0.25) is 0 Å². The highest BCUT2D eigenvalue weighted by Crippen LogP contribution is 2.27. The van der Waals surface area contributed by atoms with Crippen LogP contribution in [0.15, 0.2) is 53.2 Å². The van der Waals surface area contributed by atoms with Crippen molar-refractivity contribution in [2.24, 2.45) is 0 Å². The van der Waals surface area contributed by atoms with E-state index in [4.69, 9.17) is 4.52 Å². The highest BCUT2D eigenvalue weighted by atomic mass is 32.2. The van der Waals surface area contributed by atoms with E-state index in [1.165, 1.54) is 34.8 Å². The largest absolute Gasteiger partial charge is 0.573 e. The molecule has 5 rings (SSSR count). The fraction of sp³-hybridized carbons (Fsp3) is 0.333. The second-order valence-corrected chi connectivity index (χ2v) is 11.0. The van der Waals surface area contributed by atoms with E-state index in [0.717, 1.165) is 17.1 Å². The first-order valence-corrected chi connectivity index (χ1v) is 13.7. The number of pyridine rings is 1. The smallest absolute Gasteiger partial charge is 0.406 e. The standard InChI is InChI=1S/C24H24F3N7O4S/c1-16-13-20(23-29-22(31-38-23)18-4-6-19(7-5-18)37-24(25,26)27)30-34(16)15-17-3-8-21(28-14-17)32-9-11-33(12-10-32)39(2,35)36/h3-8,13-14H,9-12,15H2,1-2H3. The Kier molecular flexibility index (Phi) is 7.03. The third-order valence-electron chi connectivity index (χ3n) is 6.15. The van der Waals surface area contributed by atoms with Crippen molar-refractivity contribution in [2.75, 3.05) is 37.3 Å². The molecule has 0 unspecified atom stereocenters. The van der Waals surface area contributed by atoms with Crippen LogP contribution >= 0.6 is 0 Å². The number of alkyl halides is 3. The van der Waals surface area contributed by atoms with Gasteiger partial charge in [0.15, 0.2) is 5.69 Å². The average Bonchev–Trinajstić information content (AvgIpc) is 3.51. The Morgan fingerprint density at radius 3 is 2.38 bits per heavy atom. The topological polar surface area (TPSA) is 119 Å². The summed E-state index contributed by atoms with van der Waals surface area (Å²) < 4.78 is 73.0. The monoisotopic (exact) mass is 563 g/mol. The molecule has 0 saturated carbocycles. The van der Waals surface area contributed by atoms with Gasteiger partial charge < -0.3 is 14.2 Å². The Labute approximate surface area is 221 Å². The van der Waals surface area contributed by atoms with Crippen molar-refractivity contribution in [3.8, 4) is 28.7 Å². The van der Waals surface area contributed by atoms with E-state index < -0.39 is 16.4 Å². The molecule has 0 radical (unpaired) electrons. The van der Waals surface area contributed by atoms with Crippen LogP contribution in [0.1, 0.15) is 11.3 Å². The van der Waals surface area contributed by atoms with Gasteiger partial charge in [-0.25, -0.2) is 13.4 Å². The Balaban J connectivity index is 1.23. The summed E-state index contributed by atoms with van der Waals surface area (Å²) in [5.41, 5.74) is 2.68. The Bertz CT molecular complexity index is 1540. The molecule has 39 heavy (non-hydrogen) atoms. The van der Waals surface area contributed by atoms with Crippen molar-refractivity contribution in [2.45, 2.75) is 19.8 Å². The maximum atomic E-state index is 12.4. The number of benzene rings is 1. The summed E-state index contributed by atoms with van der Waals surface area (Å²) in [7, 11) is -3.19. The zero-order valence-corrected chi connectivity index (χ0v) is 21.8. The zero-order valence-electron chi connectivity index (χ0n) is 21.0. The fourth-order valence-electron chi connectivity index (χ4n) is 4.14. The van der Waals surface area contributed by atoms with E-state index >= 15 is 0 Å². The molecule has 0 bridgehead atoms. The van der Waals surface area contributed by atoms with Gasteiger partial charge in [0.05, 0.1) is 12.8 Å². The van der Waals surface area contributed by atoms with Gasteiger partial charge in [-0.2, -0.15) is 14.4 Å². The number of hydrogen-bond acceptors (Lipinski definition) is 9. The average molecular weight is 564 g/mol. The van der Waals surface area contributed by atoms with Crippen LogP contribution in [-0.2, 0) is 16.6 Å². The minimum atomic E-state index is -4.77. The van der Waals surface area contributed by atoms with E-state index in [2.05, 4.69) is 25.0 Å². The molecule has 1 aliphatic rings. The van der Waals surface area contributed by atoms with Crippen LogP contribution in [0.3, 0.4) is 0 Å². The number of sulfonamides is 1. The van der Waals surface area contributed by atoms with E-state index in [-0.39, 0.29) is 17.5 Å². The van der Waals surface area contributed by atoms with Gasteiger partial charge in [-0.15, -0.1) is 13.2 Å². The first-order valence-electron chi connectivity index (χ1n) is 11.8. The highest BCUT2D eigenvalue weighted by Gasteiger charge is 2.31. The number of anilines is 1. The van der Waals surface area contributed by atoms with Crippen molar-refractivity contribution in [3.63, 3.8) is 0 Å². The lowest BCUT2D eigenvalue weighted by atomic mass is 10.2. The minimum absolute atomic E-state index is 0.171. The van der Waals surface area contributed by atoms with E-state index in [0.29, 0.717) is 44.0 Å². The molecule has 1 saturated heterocycles. The van der Waals surface area contributed by atoms with Crippen molar-refractivity contribution in [3.05, 3.63) is 59.9 Å². The van der Waals surface area contributed by atoms with Crippen molar-refractivity contribution < 1.29 is 30.8 Å². The molecule has 0 N–H and O–H groups in total. The van der Waals surface area contributed by atoms with Gasteiger partial charge >= 0.3 is 6.36 Å². The second kappa shape index (κ2) is 10.3. The molecule has 4 heterocycles. The summed E-state index contributed by atoms with van der Waals surface area (Å²) in [6.07, 6.45) is -1.79. The molecule has 15 heteroatoms. The van der Waals surface area contributed by atoms with Crippen LogP contribution in [0.25, 0.3) is 23.0 Å². The quantitative estimate of drug-likeness (QED) is 0.334.